The van der Waals surface area contributed by atoms with E-state index < -0.39 is 21.9 Å². The quantitative estimate of drug-likeness (QED) is 0.770. The van der Waals surface area contributed by atoms with Gasteiger partial charge in [-0.2, -0.15) is 0 Å². The number of rotatable bonds is 7. The van der Waals surface area contributed by atoms with Crippen molar-refractivity contribution in [1.82, 2.24) is 10.0 Å². The van der Waals surface area contributed by atoms with Crippen LogP contribution in [0.5, 0.6) is 0 Å². The molecule has 25 heavy (non-hydrogen) atoms. The summed E-state index contributed by atoms with van der Waals surface area (Å²) in [7, 11) is -3.71. The topological polar surface area (TPSA) is 75.3 Å². The molecular formula is C17H18ClFN2O3S. The standard InChI is InChI=1S/C17H18ClFN2O3S/c1-12(15-4-2-3-5-16(15)19)21-17(22)10-11-20-25(23,24)14-8-6-13(18)7-9-14/h2-9,12,20H,10-11H2,1H3,(H,21,22). The van der Waals surface area contributed by atoms with Gasteiger partial charge in [-0.25, -0.2) is 17.5 Å². The summed E-state index contributed by atoms with van der Waals surface area (Å²) in [4.78, 5) is 12.0. The second-order valence-corrected chi connectivity index (χ2v) is 7.62. The summed E-state index contributed by atoms with van der Waals surface area (Å²) in [5, 5.41) is 3.07. The molecule has 0 aromatic heterocycles. The third-order valence-electron chi connectivity index (χ3n) is 3.52. The zero-order valence-corrected chi connectivity index (χ0v) is 15.1. The van der Waals surface area contributed by atoms with Crippen molar-refractivity contribution in [2.45, 2.75) is 24.3 Å². The Balaban J connectivity index is 1.86. The van der Waals surface area contributed by atoms with Crippen molar-refractivity contribution in [3.8, 4) is 0 Å². The monoisotopic (exact) mass is 384 g/mol. The summed E-state index contributed by atoms with van der Waals surface area (Å²) in [5.41, 5.74) is 0.373. The summed E-state index contributed by atoms with van der Waals surface area (Å²) < 4.78 is 40.2. The Morgan fingerprint density at radius 2 is 1.80 bits per heavy atom. The van der Waals surface area contributed by atoms with Crippen molar-refractivity contribution in [1.29, 1.82) is 0 Å². The zero-order valence-electron chi connectivity index (χ0n) is 13.5. The van der Waals surface area contributed by atoms with Gasteiger partial charge in [-0.3, -0.25) is 4.79 Å². The van der Waals surface area contributed by atoms with Crippen LogP contribution in [0, 0.1) is 5.82 Å². The largest absolute Gasteiger partial charge is 0.349 e. The molecule has 8 heteroatoms. The molecule has 0 saturated carbocycles. The molecule has 2 rings (SSSR count). The first-order valence-corrected chi connectivity index (χ1v) is 9.45. The molecule has 0 heterocycles. The van der Waals surface area contributed by atoms with Gasteiger partial charge < -0.3 is 5.32 Å². The Morgan fingerprint density at radius 1 is 1.16 bits per heavy atom. The number of hydrogen-bond donors (Lipinski definition) is 2. The lowest BCUT2D eigenvalue weighted by atomic mass is 10.1. The van der Waals surface area contributed by atoms with Gasteiger partial charge >= 0.3 is 0 Å². The predicted octanol–water partition coefficient (Wildman–Crippen LogP) is 3.02. The van der Waals surface area contributed by atoms with Crippen molar-refractivity contribution in [2.24, 2.45) is 0 Å². The molecule has 5 nitrogen and oxygen atoms in total. The molecule has 1 atom stereocenters. The van der Waals surface area contributed by atoms with Crippen LogP contribution in [0.15, 0.2) is 53.4 Å². The Kier molecular flexibility index (Phi) is 6.52. The van der Waals surface area contributed by atoms with Crippen molar-refractivity contribution in [3.63, 3.8) is 0 Å². The minimum Gasteiger partial charge on any atom is -0.349 e. The highest BCUT2D eigenvalue weighted by molar-refractivity contribution is 7.89. The first kappa shape index (κ1) is 19.4. The number of carbonyl (C=O) groups is 1. The highest BCUT2D eigenvalue weighted by Crippen LogP contribution is 2.16. The molecule has 0 bridgehead atoms. The average Bonchev–Trinajstić information content (AvgIpc) is 2.55. The molecular weight excluding hydrogens is 367 g/mol. The minimum absolute atomic E-state index is 0.0639. The lowest BCUT2D eigenvalue weighted by Gasteiger charge is -2.15. The molecule has 1 amide bonds. The Bertz CT molecular complexity index is 841. The molecule has 0 aliphatic heterocycles. The minimum atomic E-state index is -3.71. The molecule has 0 aliphatic carbocycles. The Morgan fingerprint density at radius 3 is 2.44 bits per heavy atom. The van der Waals surface area contributed by atoms with Crippen LogP contribution < -0.4 is 10.0 Å². The SMILES string of the molecule is CC(NC(=O)CCNS(=O)(=O)c1ccc(Cl)cc1)c1ccccc1F. The maximum Gasteiger partial charge on any atom is 0.240 e. The number of carbonyl (C=O) groups excluding carboxylic acids is 1. The van der Waals surface area contributed by atoms with Gasteiger partial charge in [0.2, 0.25) is 15.9 Å². The van der Waals surface area contributed by atoms with E-state index in [9.17, 15) is 17.6 Å². The number of halogens is 2. The molecule has 0 fully saturated rings. The van der Waals surface area contributed by atoms with Crippen LogP contribution in [0.1, 0.15) is 24.9 Å². The van der Waals surface area contributed by atoms with E-state index in [1.807, 2.05) is 0 Å². The number of amides is 1. The molecule has 1 unspecified atom stereocenters. The predicted molar refractivity (Wildman–Crippen MR) is 94.2 cm³/mol. The number of benzene rings is 2. The number of hydrogen-bond acceptors (Lipinski definition) is 3. The molecule has 134 valence electrons. The van der Waals surface area contributed by atoms with E-state index in [0.717, 1.165) is 0 Å². The second-order valence-electron chi connectivity index (χ2n) is 5.41. The van der Waals surface area contributed by atoms with Crippen LogP contribution in [-0.4, -0.2) is 20.9 Å². The van der Waals surface area contributed by atoms with Crippen molar-refractivity contribution in [3.05, 3.63) is 64.9 Å². The Hall–Kier alpha value is -1.96. The van der Waals surface area contributed by atoms with E-state index in [0.29, 0.717) is 10.6 Å². The van der Waals surface area contributed by atoms with Gasteiger partial charge in [-0.15, -0.1) is 0 Å². The van der Waals surface area contributed by atoms with Crippen molar-refractivity contribution in [2.75, 3.05) is 6.54 Å². The third-order valence-corrected chi connectivity index (χ3v) is 5.25. The van der Waals surface area contributed by atoms with Crippen LogP contribution in [0.4, 0.5) is 4.39 Å². The molecule has 2 aromatic rings. The van der Waals surface area contributed by atoms with Gasteiger partial charge in [-0.05, 0) is 37.3 Å². The molecule has 2 N–H and O–H groups in total. The van der Waals surface area contributed by atoms with E-state index in [2.05, 4.69) is 10.0 Å². The van der Waals surface area contributed by atoms with E-state index in [-0.39, 0.29) is 23.8 Å². The maximum absolute atomic E-state index is 13.7. The van der Waals surface area contributed by atoms with Crippen molar-refractivity contribution >= 4 is 27.5 Å². The van der Waals surface area contributed by atoms with Gasteiger partial charge in [0.1, 0.15) is 5.82 Å². The molecule has 0 radical (unpaired) electrons. The molecule has 0 aliphatic rings. The van der Waals surface area contributed by atoms with E-state index >= 15 is 0 Å². The fourth-order valence-corrected chi connectivity index (χ4v) is 3.37. The number of sulfonamides is 1. The fraction of sp³-hybridized carbons (Fsp3) is 0.235. The molecule has 2 aromatic carbocycles. The Labute approximate surface area is 151 Å². The summed E-state index contributed by atoms with van der Waals surface area (Å²) in [6.07, 6.45) is -0.0639. The first-order valence-electron chi connectivity index (χ1n) is 7.58. The molecule has 0 spiro atoms. The van der Waals surface area contributed by atoms with Gasteiger partial charge in [0, 0.05) is 23.6 Å². The van der Waals surface area contributed by atoms with Crippen LogP contribution in [0.2, 0.25) is 5.02 Å². The smallest absolute Gasteiger partial charge is 0.240 e. The summed E-state index contributed by atoms with van der Waals surface area (Å²) in [5.74, 6) is -0.784. The van der Waals surface area contributed by atoms with E-state index in [4.69, 9.17) is 11.6 Å². The maximum atomic E-state index is 13.7. The van der Waals surface area contributed by atoms with Crippen molar-refractivity contribution < 1.29 is 17.6 Å². The summed E-state index contributed by atoms with van der Waals surface area (Å²) in [6.45, 7) is 1.59. The van der Waals surface area contributed by atoms with Gasteiger partial charge in [0.15, 0.2) is 0 Å². The van der Waals surface area contributed by atoms with Gasteiger partial charge in [0.05, 0.1) is 10.9 Å². The van der Waals surface area contributed by atoms with Crippen LogP contribution in [0.3, 0.4) is 0 Å². The summed E-state index contributed by atoms with van der Waals surface area (Å²) in [6, 6.07) is 11.3. The third kappa shape index (κ3) is 5.52. The lowest BCUT2D eigenvalue weighted by Crippen LogP contribution is -2.32. The zero-order chi connectivity index (χ0) is 18.4. The normalized spacial score (nSPS) is 12.6. The lowest BCUT2D eigenvalue weighted by molar-refractivity contribution is -0.121. The number of nitrogens with one attached hydrogen (secondary N) is 2. The van der Waals surface area contributed by atoms with Crippen LogP contribution in [0.25, 0.3) is 0 Å². The van der Waals surface area contributed by atoms with E-state index in [1.165, 1.54) is 30.3 Å². The highest BCUT2D eigenvalue weighted by atomic mass is 35.5. The molecule has 0 saturated heterocycles. The van der Waals surface area contributed by atoms with Crippen LogP contribution >= 0.6 is 11.6 Å². The van der Waals surface area contributed by atoms with Crippen LogP contribution in [-0.2, 0) is 14.8 Å². The average molecular weight is 385 g/mol. The van der Waals surface area contributed by atoms with E-state index in [1.54, 1.807) is 25.1 Å². The summed E-state index contributed by atoms with van der Waals surface area (Å²) >= 11 is 5.72. The van der Waals surface area contributed by atoms with Gasteiger partial charge in [-0.1, -0.05) is 29.8 Å². The van der Waals surface area contributed by atoms with Gasteiger partial charge in [0.25, 0.3) is 0 Å². The highest BCUT2D eigenvalue weighted by Gasteiger charge is 2.16. The fourth-order valence-electron chi connectivity index (χ4n) is 2.21. The second kappa shape index (κ2) is 8.42. The first-order chi connectivity index (χ1) is 11.8.